The molecule has 4 aromatic heterocycles. The van der Waals surface area contributed by atoms with Crippen molar-refractivity contribution < 1.29 is 74.4 Å². The summed E-state index contributed by atoms with van der Waals surface area (Å²) in [7, 11) is -2.58. The lowest BCUT2D eigenvalue weighted by atomic mass is 9.97. The summed E-state index contributed by atoms with van der Waals surface area (Å²) in [4.78, 5) is 90.8. The number of thiazole rings is 1. The van der Waals surface area contributed by atoms with Crippen molar-refractivity contribution in [1.29, 1.82) is 0 Å². The fourth-order valence-corrected chi connectivity index (χ4v) is 12.2. The average molecular weight is 1300 g/mol. The van der Waals surface area contributed by atoms with E-state index >= 15 is 8.78 Å². The van der Waals surface area contributed by atoms with Crippen molar-refractivity contribution in [1.82, 2.24) is 55.4 Å². The summed E-state index contributed by atoms with van der Waals surface area (Å²) in [6.45, 7) is 6.69. The molecular formula is C60H73F2N13O14S2. The second-order valence-corrected chi connectivity index (χ2v) is 23.7. The summed E-state index contributed by atoms with van der Waals surface area (Å²) in [5.74, 6) is -4.11. The summed E-state index contributed by atoms with van der Waals surface area (Å²) in [5.41, 5.74) is 8.58. The van der Waals surface area contributed by atoms with E-state index in [0.29, 0.717) is 128 Å². The minimum atomic E-state index is -3.76. The average Bonchev–Trinajstić information content (AvgIpc) is 1.68. The number of likely N-dealkylation sites (tertiary alicyclic amines) is 1. The molecule has 3 aromatic carbocycles. The van der Waals surface area contributed by atoms with Gasteiger partial charge in [-0.3, -0.25) is 38.2 Å². The van der Waals surface area contributed by atoms with Crippen LogP contribution >= 0.6 is 11.3 Å². The number of esters is 1. The molecule has 27 nitrogen and oxygen atoms in total. The first-order chi connectivity index (χ1) is 43.9. The van der Waals surface area contributed by atoms with E-state index in [0.717, 1.165) is 9.69 Å². The highest BCUT2D eigenvalue weighted by atomic mass is 32.2. The number of aryl methyl sites for hydroxylation is 1. The molecule has 31 heteroatoms. The highest BCUT2D eigenvalue weighted by Crippen LogP contribution is 2.43. The number of fused-ring (bicyclic) bond motifs is 2. The number of rotatable bonds is 35. The van der Waals surface area contributed by atoms with Gasteiger partial charge in [-0.1, -0.05) is 25.1 Å². The number of hydrogen-bond donors (Lipinski definition) is 5. The highest BCUT2D eigenvalue weighted by Gasteiger charge is 2.30. The number of halogens is 2. The molecule has 91 heavy (non-hydrogen) atoms. The predicted molar refractivity (Wildman–Crippen MR) is 332 cm³/mol. The largest absolute Gasteiger partial charge is 0.468 e. The number of benzene rings is 3. The molecule has 7 aromatic rings. The fourth-order valence-electron chi connectivity index (χ4n) is 9.89. The van der Waals surface area contributed by atoms with Gasteiger partial charge in [0, 0.05) is 66.5 Å². The number of sulfonamides is 1. The summed E-state index contributed by atoms with van der Waals surface area (Å²) >= 11 is 1.36. The van der Waals surface area contributed by atoms with Crippen LogP contribution in [0.15, 0.2) is 67.0 Å². The number of nitrogens with two attached hydrogens (primary N) is 1. The maximum atomic E-state index is 16.0. The molecule has 0 atom stereocenters. The van der Waals surface area contributed by atoms with Crippen LogP contribution in [0.4, 0.5) is 20.4 Å². The van der Waals surface area contributed by atoms with Crippen LogP contribution in [0.1, 0.15) is 66.9 Å². The number of methoxy groups -OCH3 is 1. The zero-order valence-electron chi connectivity index (χ0n) is 50.6. The molecule has 1 fully saturated rings. The van der Waals surface area contributed by atoms with Crippen molar-refractivity contribution in [2.75, 3.05) is 122 Å². The molecule has 5 heterocycles. The Morgan fingerprint density at radius 1 is 0.736 bits per heavy atom. The maximum absolute atomic E-state index is 16.0. The third kappa shape index (κ3) is 19.3. The molecule has 0 unspecified atom stereocenters. The van der Waals surface area contributed by atoms with Crippen LogP contribution < -0.4 is 26.4 Å². The third-order valence-electron chi connectivity index (χ3n) is 14.4. The van der Waals surface area contributed by atoms with Crippen LogP contribution in [0.2, 0.25) is 0 Å². The summed E-state index contributed by atoms with van der Waals surface area (Å²) in [6.07, 6.45) is 4.41. The number of nitrogen functional groups attached to an aromatic ring is 1. The SMILES string of the molecule is CCCS(=O)(=O)Nc1cccc(-c2nc(C3CCN(C(=O)CCOCCOCCOCCOCCOCCNC(=O)CCC(=O)n4ncc5cc(F)c(-c6cccc7c6c(C)nn7CC(=O)NCC(=O)NCC(=O)OC)cc54)CC3)sc2-c2ccnc(N)n2)c1F. The van der Waals surface area contributed by atoms with Crippen LogP contribution in [-0.4, -0.2) is 195 Å². The topological polar surface area (TPSA) is 344 Å². The minimum absolute atomic E-state index is 0.0184. The molecule has 0 aliphatic carbocycles. The van der Waals surface area contributed by atoms with Gasteiger partial charge in [0.2, 0.25) is 45.5 Å². The smallest absolute Gasteiger partial charge is 0.325 e. The monoisotopic (exact) mass is 1300 g/mol. The Morgan fingerprint density at radius 3 is 2.10 bits per heavy atom. The number of anilines is 2. The third-order valence-corrected chi connectivity index (χ3v) is 17.1. The predicted octanol–water partition coefficient (Wildman–Crippen LogP) is 4.78. The van der Waals surface area contributed by atoms with Crippen molar-refractivity contribution in [3.63, 3.8) is 0 Å². The molecule has 0 radical (unpaired) electrons. The Balaban J connectivity index is 0.645. The lowest BCUT2D eigenvalue weighted by Crippen LogP contribution is -2.40. The first-order valence-corrected chi connectivity index (χ1v) is 32.0. The molecule has 6 N–H and O–H groups in total. The number of carbonyl (C=O) groups is 6. The van der Waals surface area contributed by atoms with E-state index in [9.17, 15) is 37.2 Å². The number of ether oxygens (including phenoxy) is 6. The van der Waals surface area contributed by atoms with E-state index in [-0.39, 0.29) is 112 Å². The van der Waals surface area contributed by atoms with Gasteiger partial charge in [0.15, 0.2) is 5.82 Å². The molecule has 1 aliphatic heterocycles. The molecule has 0 saturated carbocycles. The van der Waals surface area contributed by atoms with E-state index in [1.54, 1.807) is 55.1 Å². The van der Waals surface area contributed by atoms with Gasteiger partial charge in [-0.05, 0) is 68.1 Å². The molecular weight excluding hydrogens is 1230 g/mol. The van der Waals surface area contributed by atoms with Gasteiger partial charge in [-0.25, -0.2) is 36.8 Å². The Bertz CT molecular complexity index is 3800. The van der Waals surface area contributed by atoms with Gasteiger partial charge in [-0.2, -0.15) is 10.2 Å². The number of amides is 4. The molecule has 488 valence electrons. The van der Waals surface area contributed by atoms with Crippen molar-refractivity contribution >= 4 is 90.3 Å². The number of aromatic nitrogens is 7. The Labute approximate surface area is 527 Å². The summed E-state index contributed by atoms with van der Waals surface area (Å²) in [5, 5.41) is 17.9. The van der Waals surface area contributed by atoms with E-state index in [1.807, 2.05) is 0 Å². The van der Waals surface area contributed by atoms with Crippen molar-refractivity contribution in [2.45, 2.75) is 64.8 Å². The van der Waals surface area contributed by atoms with Crippen LogP contribution in [0.25, 0.3) is 54.8 Å². The standard InChI is InChI=1S/C60H73F2N13O14S2/c1-4-31-91(82,83)72-45-9-5-8-42(56(45)62)57-58(46-13-17-65-60(63)69-46)90-59(70-57)39-14-19-73(20-15-39)52(79)16-21-85-23-25-87-27-29-89-30-28-88-26-24-86-22-18-64-49(76)11-12-53(80)75-48-33-43(44(61)32-40(48)34-68-75)41-7-6-10-47-55(41)38(2)71-74(47)37-51(78)66-35-50(77)67-36-54(81)84-3/h5-10,13,17,32-34,39,72H,4,11-12,14-16,18-31,35-37H2,1-3H3,(H,64,76)(H,66,78)(H,67,77)(H2,63,65,69). The number of piperidine rings is 1. The first kappa shape index (κ1) is 68.4. The number of carbonyl (C=O) groups excluding carboxylic acids is 6. The Kier molecular flexibility index (Phi) is 25.2. The fraction of sp³-hybridized carbons (Fsp3) is 0.450. The summed E-state index contributed by atoms with van der Waals surface area (Å²) in [6, 6.07) is 14.0. The van der Waals surface area contributed by atoms with Gasteiger partial charge < -0.3 is 55.0 Å². The first-order valence-electron chi connectivity index (χ1n) is 29.5. The van der Waals surface area contributed by atoms with E-state index in [4.69, 9.17) is 34.4 Å². The molecule has 1 aliphatic rings. The minimum Gasteiger partial charge on any atom is -0.468 e. The van der Waals surface area contributed by atoms with Crippen LogP contribution in [0.5, 0.6) is 0 Å². The normalized spacial score (nSPS) is 12.8. The Morgan fingerprint density at radius 2 is 1.41 bits per heavy atom. The van der Waals surface area contributed by atoms with Crippen molar-refractivity contribution in [3.8, 4) is 33.0 Å². The van der Waals surface area contributed by atoms with Crippen molar-refractivity contribution in [3.05, 3.63) is 89.3 Å². The second-order valence-electron chi connectivity index (χ2n) is 20.8. The van der Waals surface area contributed by atoms with E-state index < -0.39 is 45.3 Å². The molecule has 0 spiro atoms. The van der Waals surface area contributed by atoms with Crippen molar-refractivity contribution in [2.24, 2.45) is 0 Å². The quantitative estimate of drug-likeness (QED) is 0.0264. The maximum Gasteiger partial charge on any atom is 0.325 e. The van der Waals surface area contributed by atoms with Gasteiger partial charge in [0.05, 0.1) is 142 Å². The van der Waals surface area contributed by atoms with Crippen LogP contribution in [-0.2, 0) is 69.0 Å². The number of nitrogens with one attached hydrogen (secondary N) is 4. The van der Waals surface area contributed by atoms with Gasteiger partial charge in [0.25, 0.3) is 0 Å². The van der Waals surface area contributed by atoms with Gasteiger partial charge >= 0.3 is 5.97 Å². The van der Waals surface area contributed by atoms with E-state index in [1.165, 1.54) is 53.7 Å². The number of hydrogen-bond acceptors (Lipinski definition) is 21. The lowest BCUT2D eigenvalue weighted by molar-refractivity contribution is -0.141. The molecule has 4 amide bonds. The molecule has 1 saturated heterocycles. The zero-order chi connectivity index (χ0) is 64.9. The lowest BCUT2D eigenvalue weighted by Gasteiger charge is -2.31. The zero-order valence-corrected chi connectivity index (χ0v) is 52.3. The molecule has 0 bridgehead atoms. The second kappa shape index (κ2) is 33.6. The van der Waals surface area contributed by atoms with Gasteiger partial charge in [0.1, 0.15) is 18.9 Å². The molecule has 8 rings (SSSR count). The number of nitrogens with zero attached hydrogens (tertiary/aromatic N) is 8. The summed E-state index contributed by atoms with van der Waals surface area (Å²) < 4.78 is 94.2. The highest BCUT2D eigenvalue weighted by molar-refractivity contribution is 7.92. The van der Waals surface area contributed by atoms with Crippen LogP contribution in [0, 0.1) is 18.6 Å². The Hall–Kier alpha value is -8.46. The van der Waals surface area contributed by atoms with Crippen LogP contribution in [0.3, 0.4) is 0 Å². The van der Waals surface area contributed by atoms with Gasteiger partial charge in [-0.15, -0.1) is 11.3 Å². The van der Waals surface area contributed by atoms with E-state index in [2.05, 4.69) is 45.6 Å².